The van der Waals surface area contributed by atoms with Gasteiger partial charge in [0.15, 0.2) is 6.29 Å². The number of esters is 1. The molecule has 3 aliphatic rings. The molecule has 0 aromatic carbocycles. The molecule has 0 aromatic rings. The molecule has 3 aliphatic heterocycles. The van der Waals surface area contributed by atoms with E-state index in [0.717, 1.165) is 0 Å². The Labute approximate surface area is 306 Å². The molecule has 3 rings (SSSR count). The molecule has 0 amide bonds. The third kappa shape index (κ3) is 9.65. The summed E-state index contributed by atoms with van der Waals surface area (Å²) in [4.78, 5) is 18.2. The Bertz CT molecular complexity index is 1130. The Kier molecular flexibility index (Phi) is 15.0. The van der Waals surface area contributed by atoms with Crippen molar-refractivity contribution >= 4 is 5.97 Å². The van der Waals surface area contributed by atoms with Crippen molar-refractivity contribution in [2.24, 2.45) is 23.7 Å². The summed E-state index contributed by atoms with van der Waals surface area (Å²) in [5, 5.41) is 58.5. The lowest BCUT2D eigenvalue weighted by atomic mass is 9.68. The number of aliphatic hydroxyl groups excluding tert-OH is 3. The lowest BCUT2D eigenvalue weighted by Crippen LogP contribution is -2.61. The summed E-state index contributed by atoms with van der Waals surface area (Å²) in [7, 11) is 7.19. The molecule has 0 bridgehead atoms. The Balaban J connectivity index is 2.23. The Morgan fingerprint density at radius 3 is 2.12 bits per heavy atom. The average molecular weight is 733 g/mol. The maximum atomic E-state index is 14.3. The van der Waals surface area contributed by atoms with Crippen LogP contribution in [0.5, 0.6) is 0 Å². The van der Waals surface area contributed by atoms with Gasteiger partial charge in [-0.3, -0.25) is 4.79 Å². The van der Waals surface area contributed by atoms with Gasteiger partial charge >= 0.3 is 5.97 Å². The molecule has 0 radical (unpaired) electrons. The van der Waals surface area contributed by atoms with Gasteiger partial charge in [-0.25, -0.2) is 0 Å². The molecular weight excluding hydrogens is 660 g/mol. The summed E-state index contributed by atoms with van der Waals surface area (Å²) >= 11 is 0. The first-order valence-corrected chi connectivity index (χ1v) is 19.0. The minimum absolute atomic E-state index is 0.118. The molecule has 1 unspecified atom stereocenters. The molecule has 0 aliphatic carbocycles. The first kappa shape index (κ1) is 44.4. The number of ether oxygens (including phenoxy) is 5. The van der Waals surface area contributed by atoms with Gasteiger partial charge < -0.3 is 59.0 Å². The number of hydrogen-bond acceptors (Lipinski definition) is 13. The van der Waals surface area contributed by atoms with Crippen molar-refractivity contribution in [3.63, 3.8) is 0 Å². The molecule has 300 valence electrons. The number of methoxy groups -OCH3 is 1. The maximum Gasteiger partial charge on any atom is 0.309 e. The minimum atomic E-state index is -1.78. The Morgan fingerprint density at radius 1 is 0.961 bits per heavy atom. The SMILES string of the molecule is CC[C@H]1OC(=O)[C@H](C)[C@@H](C2C[C@@](C)(OC)[C@@H](O)[C@H](C)O2)[C@H](C)[C@@H](O[C@@H]2O[C@H](C)C[C@H](N(C)C)[C@H]2O)[C@](C)(O)C[C@@H](C)CN(C)[C@H](C)[C@@H](O)[C@]1(C)O. The second-order valence-corrected chi connectivity index (χ2v) is 17.3. The highest BCUT2D eigenvalue weighted by atomic mass is 16.7. The van der Waals surface area contributed by atoms with Crippen molar-refractivity contribution in [3.05, 3.63) is 0 Å². The molecule has 13 heteroatoms. The second-order valence-electron chi connectivity index (χ2n) is 17.3. The van der Waals surface area contributed by atoms with Gasteiger partial charge in [0, 0.05) is 38.1 Å². The quantitative estimate of drug-likeness (QED) is 0.252. The number of rotatable bonds is 6. The van der Waals surface area contributed by atoms with Crippen molar-refractivity contribution in [3.8, 4) is 0 Å². The van der Waals surface area contributed by atoms with Gasteiger partial charge in [-0.2, -0.15) is 0 Å². The molecule has 0 spiro atoms. The summed E-state index contributed by atoms with van der Waals surface area (Å²) in [5.74, 6) is -2.87. The molecule has 3 heterocycles. The van der Waals surface area contributed by atoms with E-state index in [1.54, 1.807) is 27.7 Å². The first-order valence-electron chi connectivity index (χ1n) is 19.0. The molecule has 0 aromatic heterocycles. The molecule has 3 saturated heterocycles. The fraction of sp³-hybridized carbons (Fsp3) is 0.974. The fourth-order valence-electron chi connectivity index (χ4n) is 9.28. The van der Waals surface area contributed by atoms with Gasteiger partial charge in [-0.05, 0) is 93.8 Å². The van der Waals surface area contributed by atoms with Crippen LogP contribution in [0, 0.1) is 23.7 Å². The summed E-state index contributed by atoms with van der Waals surface area (Å²) in [6.07, 6.45) is -6.51. The van der Waals surface area contributed by atoms with E-state index in [1.165, 1.54) is 14.0 Å². The number of nitrogens with zero attached hydrogens (tertiary/aromatic N) is 2. The van der Waals surface area contributed by atoms with Crippen LogP contribution >= 0.6 is 0 Å². The van der Waals surface area contributed by atoms with Crippen LogP contribution in [0.3, 0.4) is 0 Å². The lowest BCUT2D eigenvalue weighted by molar-refractivity contribution is -0.302. The number of carbonyl (C=O) groups is 1. The average Bonchev–Trinajstić information content (AvgIpc) is 3.03. The van der Waals surface area contributed by atoms with Crippen molar-refractivity contribution < 1.29 is 54.0 Å². The summed E-state index contributed by atoms with van der Waals surface area (Å²) in [6.45, 7) is 18.5. The summed E-state index contributed by atoms with van der Waals surface area (Å²) in [6, 6.07) is -0.774. The van der Waals surface area contributed by atoms with E-state index in [1.807, 2.05) is 65.6 Å². The summed E-state index contributed by atoms with van der Waals surface area (Å²) < 4.78 is 31.5. The fourth-order valence-corrected chi connectivity index (χ4v) is 9.28. The Morgan fingerprint density at radius 2 is 1.57 bits per heavy atom. The normalized spacial score (nSPS) is 50.4. The smallest absolute Gasteiger partial charge is 0.309 e. The van der Waals surface area contributed by atoms with Gasteiger partial charge in [-0.15, -0.1) is 0 Å². The van der Waals surface area contributed by atoms with E-state index in [9.17, 15) is 30.3 Å². The van der Waals surface area contributed by atoms with E-state index in [-0.39, 0.29) is 37.3 Å². The van der Waals surface area contributed by atoms with Crippen LogP contribution in [-0.4, -0.2) is 160 Å². The molecule has 3 fully saturated rings. The van der Waals surface area contributed by atoms with Gasteiger partial charge in [0.1, 0.15) is 30.0 Å². The highest BCUT2D eigenvalue weighted by molar-refractivity contribution is 5.73. The standard InChI is InChI=1S/C38H72N2O11/c1-15-28-38(10,46)31(42)24(6)40(13)19-20(2)17-36(8,45)33(51-35-30(41)26(39(11)12)16-21(3)48-35)22(4)29(23(5)34(44)50-28)27-18-37(9,47-14)32(43)25(7)49-27/h20-33,35,41-43,45-46H,15-19H2,1-14H3/t20-,21-,22+,23-,24-,25+,26+,27?,28-,29+,30-,31-,32+,33-,35+,36-,37-,38-/m1/s1. The minimum Gasteiger partial charge on any atom is -0.459 e. The van der Waals surface area contributed by atoms with E-state index in [2.05, 4.69) is 0 Å². The second kappa shape index (κ2) is 17.2. The molecular formula is C38H72N2O11. The number of carbonyl (C=O) groups excluding carboxylic acids is 1. The summed E-state index contributed by atoms with van der Waals surface area (Å²) in [5.41, 5.74) is -4.29. The zero-order chi connectivity index (χ0) is 39.0. The zero-order valence-electron chi connectivity index (χ0n) is 33.8. The maximum absolute atomic E-state index is 14.3. The van der Waals surface area contributed by atoms with Crippen molar-refractivity contribution in [2.75, 3.05) is 34.8 Å². The van der Waals surface area contributed by atoms with E-state index >= 15 is 0 Å². The van der Waals surface area contributed by atoms with Crippen molar-refractivity contribution in [2.45, 2.75) is 179 Å². The van der Waals surface area contributed by atoms with Gasteiger partial charge in [0.05, 0.1) is 41.5 Å². The third-order valence-corrected chi connectivity index (χ3v) is 12.6. The van der Waals surface area contributed by atoms with Crippen LogP contribution in [0.4, 0.5) is 0 Å². The van der Waals surface area contributed by atoms with Crippen LogP contribution < -0.4 is 0 Å². The van der Waals surface area contributed by atoms with Gasteiger partial charge in [-0.1, -0.05) is 27.7 Å². The monoisotopic (exact) mass is 733 g/mol. The number of hydrogen-bond donors (Lipinski definition) is 5. The molecule has 51 heavy (non-hydrogen) atoms. The van der Waals surface area contributed by atoms with Crippen LogP contribution in [0.1, 0.15) is 94.9 Å². The van der Waals surface area contributed by atoms with E-state index < -0.39 is 95.6 Å². The van der Waals surface area contributed by atoms with E-state index in [0.29, 0.717) is 13.0 Å². The van der Waals surface area contributed by atoms with E-state index in [4.69, 9.17) is 23.7 Å². The van der Waals surface area contributed by atoms with Gasteiger partial charge in [0.25, 0.3) is 0 Å². The van der Waals surface area contributed by atoms with Gasteiger partial charge in [0.2, 0.25) is 0 Å². The number of aliphatic hydroxyl groups is 5. The largest absolute Gasteiger partial charge is 0.459 e. The molecule has 18 atom stereocenters. The molecule has 0 saturated carbocycles. The third-order valence-electron chi connectivity index (χ3n) is 12.6. The van der Waals surface area contributed by atoms with Crippen molar-refractivity contribution in [1.82, 2.24) is 9.80 Å². The molecule has 5 N–H and O–H groups in total. The number of cyclic esters (lactones) is 1. The van der Waals surface area contributed by atoms with Crippen LogP contribution in [0.25, 0.3) is 0 Å². The van der Waals surface area contributed by atoms with Crippen molar-refractivity contribution in [1.29, 1.82) is 0 Å². The number of likely N-dealkylation sites (N-methyl/N-ethyl adjacent to an activating group) is 2. The van der Waals surface area contributed by atoms with Crippen LogP contribution in [0.15, 0.2) is 0 Å². The van der Waals surface area contributed by atoms with Crippen LogP contribution in [0.2, 0.25) is 0 Å². The molecule has 13 nitrogen and oxygen atoms in total. The predicted molar refractivity (Wildman–Crippen MR) is 193 cm³/mol. The first-order chi connectivity index (χ1) is 23.4. The Hall–Kier alpha value is -0.970. The zero-order valence-corrected chi connectivity index (χ0v) is 33.8. The predicted octanol–water partition coefficient (Wildman–Crippen LogP) is 2.17. The highest BCUT2D eigenvalue weighted by Crippen LogP contribution is 2.44. The lowest BCUT2D eigenvalue weighted by Gasteiger charge is -2.51. The van der Waals surface area contributed by atoms with Crippen LogP contribution in [-0.2, 0) is 28.5 Å². The topological polar surface area (TPSA) is 171 Å². The highest BCUT2D eigenvalue weighted by Gasteiger charge is 2.55.